The zero-order valence-electron chi connectivity index (χ0n) is 10.9. The predicted octanol–water partition coefficient (Wildman–Crippen LogP) is 2.53. The van der Waals surface area contributed by atoms with E-state index in [1.165, 1.54) is 24.8 Å². The van der Waals surface area contributed by atoms with Crippen LogP contribution in [0.4, 0.5) is 0 Å². The van der Waals surface area contributed by atoms with Gasteiger partial charge in [0.2, 0.25) is 0 Å². The third-order valence-corrected chi connectivity index (χ3v) is 3.23. The molecule has 3 nitrogen and oxygen atoms in total. The molecule has 0 spiro atoms. The van der Waals surface area contributed by atoms with E-state index in [2.05, 4.69) is 5.43 Å². The van der Waals surface area contributed by atoms with Gasteiger partial charge in [0, 0.05) is 19.2 Å². The lowest BCUT2D eigenvalue weighted by Crippen LogP contribution is -2.44. The molecule has 0 saturated carbocycles. The highest BCUT2D eigenvalue weighted by molar-refractivity contribution is 5.91. The molecule has 0 radical (unpaired) electrons. The highest BCUT2D eigenvalue weighted by Gasteiger charge is 2.10. The number of hydrazine groups is 1. The first-order chi connectivity index (χ1) is 8.75. The van der Waals surface area contributed by atoms with Gasteiger partial charge < -0.3 is 0 Å². The molecule has 2 rings (SSSR count). The van der Waals surface area contributed by atoms with E-state index in [1.807, 2.05) is 42.3 Å². The Morgan fingerprint density at radius 2 is 1.94 bits per heavy atom. The largest absolute Gasteiger partial charge is 0.285 e. The number of aryl methyl sites for hydroxylation is 1. The van der Waals surface area contributed by atoms with E-state index in [1.54, 1.807) is 6.08 Å². The zero-order valence-corrected chi connectivity index (χ0v) is 10.9. The minimum absolute atomic E-state index is 0.0415. The summed E-state index contributed by atoms with van der Waals surface area (Å²) in [5.74, 6) is -0.0415. The van der Waals surface area contributed by atoms with Crippen molar-refractivity contribution in [2.24, 2.45) is 0 Å². The molecule has 1 saturated heterocycles. The fourth-order valence-electron chi connectivity index (χ4n) is 2.14. The van der Waals surface area contributed by atoms with Crippen molar-refractivity contribution in [3.8, 4) is 0 Å². The summed E-state index contributed by atoms with van der Waals surface area (Å²) in [5.41, 5.74) is 5.19. The summed E-state index contributed by atoms with van der Waals surface area (Å²) in [6, 6.07) is 8.04. The monoisotopic (exact) mass is 244 g/mol. The molecule has 0 bridgehead atoms. The molecule has 1 aliphatic heterocycles. The molecule has 1 aromatic carbocycles. The van der Waals surface area contributed by atoms with E-state index in [0.717, 1.165) is 18.7 Å². The standard InChI is InChI=1S/C15H20N2O/c1-13-7-3-4-8-14(13)9-10-15(18)16-17-11-5-2-6-12-17/h3-4,7-10H,2,5-6,11-12H2,1H3,(H,16,18)/b10-9+. The number of hydrogen-bond acceptors (Lipinski definition) is 2. The smallest absolute Gasteiger partial charge is 0.258 e. The lowest BCUT2D eigenvalue weighted by Gasteiger charge is -2.26. The normalized spacial score (nSPS) is 16.9. The Labute approximate surface area is 108 Å². The second-order valence-electron chi connectivity index (χ2n) is 4.71. The first-order valence-electron chi connectivity index (χ1n) is 6.55. The third-order valence-electron chi connectivity index (χ3n) is 3.23. The van der Waals surface area contributed by atoms with Crippen molar-refractivity contribution in [1.29, 1.82) is 0 Å². The average molecular weight is 244 g/mol. The van der Waals surface area contributed by atoms with Gasteiger partial charge in [0.15, 0.2) is 0 Å². The van der Waals surface area contributed by atoms with Gasteiger partial charge in [-0.1, -0.05) is 30.7 Å². The van der Waals surface area contributed by atoms with Crippen molar-refractivity contribution in [2.45, 2.75) is 26.2 Å². The van der Waals surface area contributed by atoms with E-state index in [0.29, 0.717) is 0 Å². The van der Waals surface area contributed by atoms with Gasteiger partial charge in [-0.15, -0.1) is 0 Å². The van der Waals surface area contributed by atoms with Crippen molar-refractivity contribution in [3.63, 3.8) is 0 Å². The Bertz CT molecular complexity index is 434. The number of carbonyl (C=O) groups is 1. The van der Waals surface area contributed by atoms with Crippen LogP contribution in [0, 0.1) is 6.92 Å². The molecule has 1 N–H and O–H groups in total. The van der Waals surface area contributed by atoms with Gasteiger partial charge in [-0.05, 0) is 37.0 Å². The first-order valence-corrected chi connectivity index (χ1v) is 6.55. The van der Waals surface area contributed by atoms with E-state index >= 15 is 0 Å². The summed E-state index contributed by atoms with van der Waals surface area (Å²) in [7, 11) is 0. The lowest BCUT2D eigenvalue weighted by atomic mass is 10.1. The van der Waals surface area contributed by atoms with Gasteiger partial charge >= 0.3 is 0 Å². The topological polar surface area (TPSA) is 32.3 Å². The van der Waals surface area contributed by atoms with Gasteiger partial charge in [0.05, 0.1) is 0 Å². The molecule has 1 aliphatic rings. The maximum Gasteiger partial charge on any atom is 0.258 e. The number of hydrogen-bond donors (Lipinski definition) is 1. The minimum atomic E-state index is -0.0415. The van der Waals surface area contributed by atoms with Crippen LogP contribution in [-0.2, 0) is 4.79 Å². The van der Waals surface area contributed by atoms with Crippen LogP contribution in [0.25, 0.3) is 6.08 Å². The van der Waals surface area contributed by atoms with Crippen molar-refractivity contribution < 1.29 is 4.79 Å². The van der Waals surface area contributed by atoms with Gasteiger partial charge in [-0.2, -0.15) is 0 Å². The Kier molecular flexibility index (Phi) is 4.53. The van der Waals surface area contributed by atoms with Crippen LogP contribution in [0.5, 0.6) is 0 Å². The summed E-state index contributed by atoms with van der Waals surface area (Å²) in [5, 5.41) is 2.01. The first kappa shape index (κ1) is 12.8. The highest BCUT2D eigenvalue weighted by atomic mass is 16.2. The summed E-state index contributed by atoms with van der Waals surface area (Å²) in [4.78, 5) is 11.8. The minimum Gasteiger partial charge on any atom is -0.285 e. The Morgan fingerprint density at radius 1 is 1.22 bits per heavy atom. The van der Waals surface area contributed by atoms with Crippen molar-refractivity contribution >= 4 is 12.0 Å². The van der Waals surface area contributed by atoms with Gasteiger partial charge in [-0.3, -0.25) is 10.2 Å². The maximum atomic E-state index is 11.8. The highest BCUT2D eigenvalue weighted by Crippen LogP contribution is 2.09. The van der Waals surface area contributed by atoms with E-state index in [-0.39, 0.29) is 5.91 Å². The molecule has 1 heterocycles. The molecule has 0 aromatic heterocycles. The van der Waals surface area contributed by atoms with Gasteiger partial charge in [0.1, 0.15) is 0 Å². The fraction of sp³-hybridized carbons (Fsp3) is 0.400. The van der Waals surface area contributed by atoms with E-state index in [4.69, 9.17) is 0 Å². The summed E-state index contributed by atoms with van der Waals surface area (Å²) < 4.78 is 0. The molecule has 1 aromatic rings. The zero-order chi connectivity index (χ0) is 12.8. The molecule has 0 aliphatic carbocycles. The molecule has 0 unspecified atom stereocenters. The van der Waals surface area contributed by atoms with E-state index in [9.17, 15) is 4.79 Å². The SMILES string of the molecule is Cc1ccccc1/C=C/C(=O)NN1CCCCC1. The summed E-state index contributed by atoms with van der Waals surface area (Å²) in [6.07, 6.45) is 7.08. The quantitative estimate of drug-likeness (QED) is 0.829. The Hall–Kier alpha value is -1.61. The molecule has 1 fully saturated rings. The molecule has 3 heteroatoms. The number of benzene rings is 1. The molecule has 0 atom stereocenters. The van der Waals surface area contributed by atoms with Crippen molar-refractivity contribution in [3.05, 3.63) is 41.5 Å². The number of piperidine rings is 1. The second-order valence-corrected chi connectivity index (χ2v) is 4.71. The van der Waals surface area contributed by atoms with Crippen LogP contribution in [0.15, 0.2) is 30.3 Å². The average Bonchev–Trinajstić information content (AvgIpc) is 2.39. The van der Waals surface area contributed by atoms with Crippen LogP contribution in [0.3, 0.4) is 0 Å². The predicted molar refractivity (Wildman–Crippen MR) is 73.8 cm³/mol. The van der Waals surface area contributed by atoms with Crippen LogP contribution >= 0.6 is 0 Å². The third kappa shape index (κ3) is 3.70. The molecule has 96 valence electrons. The van der Waals surface area contributed by atoms with Crippen LogP contribution in [0.1, 0.15) is 30.4 Å². The van der Waals surface area contributed by atoms with Crippen LogP contribution in [-0.4, -0.2) is 24.0 Å². The summed E-state index contributed by atoms with van der Waals surface area (Å²) >= 11 is 0. The van der Waals surface area contributed by atoms with Gasteiger partial charge in [0.25, 0.3) is 5.91 Å². The maximum absolute atomic E-state index is 11.8. The molecule has 18 heavy (non-hydrogen) atoms. The molecular weight excluding hydrogens is 224 g/mol. The summed E-state index contributed by atoms with van der Waals surface area (Å²) in [6.45, 7) is 3.97. The lowest BCUT2D eigenvalue weighted by molar-refractivity contribution is -0.121. The molecule has 1 amide bonds. The van der Waals surface area contributed by atoms with Gasteiger partial charge in [-0.25, -0.2) is 5.01 Å². The van der Waals surface area contributed by atoms with Crippen molar-refractivity contribution in [2.75, 3.05) is 13.1 Å². The van der Waals surface area contributed by atoms with Crippen LogP contribution in [0.2, 0.25) is 0 Å². The number of nitrogens with one attached hydrogen (secondary N) is 1. The Balaban J connectivity index is 1.88. The second kappa shape index (κ2) is 6.36. The molecular formula is C15H20N2O. The fourth-order valence-corrected chi connectivity index (χ4v) is 2.14. The van der Waals surface area contributed by atoms with Crippen molar-refractivity contribution in [1.82, 2.24) is 10.4 Å². The number of carbonyl (C=O) groups excluding carboxylic acids is 1. The number of nitrogens with zero attached hydrogens (tertiary/aromatic N) is 1. The van der Waals surface area contributed by atoms with E-state index < -0.39 is 0 Å². The van der Waals surface area contributed by atoms with Crippen LogP contribution < -0.4 is 5.43 Å². The number of rotatable bonds is 3. The Morgan fingerprint density at radius 3 is 2.67 bits per heavy atom. The number of amides is 1.